The first-order valence-electron chi connectivity index (χ1n) is 5.26. The van der Waals surface area contributed by atoms with Crippen molar-refractivity contribution < 1.29 is 16.8 Å². The molecule has 0 radical (unpaired) electrons. The fourth-order valence-corrected chi connectivity index (χ4v) is 2.77. The second-order valence-corrected chi connectivity index (χ2v) is 7.11. The predicted molar refractivity (Wildman–Crippen MR) is 65.7 cm³/mol. The van der Waals surface area contributed by atoms with E-state index >= 15 is 0 Å². The monoisotopic (exact) mass is 296 g/mol. The van der Waals surface area contributed by atoms with Gasteiger partial charge in [-0.25, -0.2) is 31.7 Å². The summed E-state index contributed by atoms with van der Waals surface area (Å²) in [6.45, 7) is 2.48. The van der Waals surface area contributed by atoms with Gasteiger partial charge in [0.1, 0.15) is 0 Å². The molecule has 1 aromatic heterocycles. The summed E-state index contributed by atoms with van der Waals surface area (Å²) in [5.41, 5.74) is 0. The number of hydrogen-bond acceptors (Lipinski definition) is 5. The Morgan fingerprint density at radius 3 is 2.56 bits per heavy atom. The standard InChI is InChI=1S/C8H16N4O4S2/c1-2-12-6-8(10-7-12)18(15,16)11-4-3-5-17(9,13)14/h6-7,11H,2-5H2,1H3,(H2,9,13,14). The third kappa shape index (κ3) is 4.72. The van der Waals surface area contributed by atoms with Crippen LogP contribution in [-0.4, -0.2) is 38.7 Å². The van der Waals surface area contributed by atoms with Gasteiger partial charge in [-0.05, 0) is 13.3 Å². The Morgan fingerprint density at radius 1 is 1.39 bits per heavy atom. The van der Waals surface area contributed by atoms with E-state index in [0.29, 0.717) is 6.54 Å². The quantitative estimate of drug-likeness (QED) is 0.615. The lowest BCUT2D eigenvalue weighted by Crippen LogP contribution is -2.27. The van der Waals surface area contributed by atoms with E-state index in [2.05, 4.69) is 9.71 Å². The molecule has 3 N–H and O–H groups in total. The summed E-state index contributed by atoms with van der Waals surface area (Å²) in [5, 5.41) is 4.71. The molecule has 0 bridgehead atoms. The summed E-state index contributed by atoms with van der Waals surface area (Å²) in [6.07, 6.45) is 2.94. The molecule has 1 heterocycles. The van der Waals surface area contributed by atoms with E-state index in [1.54, 1.807) is 4.57 Å². The second kappa shape index (κ2) is 5.78. The molecule has 0 saturated heterocycles. The molecular formula is C8H16N4O4S2. The number of primary sulfonamides is 1. The molecule has 0 aliphatic carbocycles. The summed E-state index contributed by atoms with van der Waals surface area (Å²) in [6, 6.07) is 0. The highest BCUT2D eigenvalue weighted by Crippen LogP contribution is 2.04. The van der Waals surface area contributed by atoms with E-state index in [4.69, 9.17) is 5.14 Å². The number of sulfonamides is 2. The summed E-state index contributed by atoms with van der Waals surface area (Å²) < 4.78 is 48.6. The summed E-state index contributed by atoms with van der Waals surface area (Å²) in [5.74, 6) is -0.265. The summed E-state index contributed by atoms with van der Waals surface area (Å²) in [4.78, 5) is 3.76. The lowest BCUT2D eigenvalue weighted by atomic mass is 10.5. The van der Waals surface area contributed by atoms with Gasteiger partial charge in [-0.15, -0.1) is 0 Å². The number of imidazole rings is 1. The molecule has 0 fully saturated rings. The van der Waals surface area contributed by atoms with Crippen molar-refractivity contribution in [2.75, 3.05) is 12.3 Å². The average Bonchev–Trinajstić information content (AvgIpc) is 2.72. The summed E-state index contributed by atoms with van der Waals surface area (Å²) >= 11 is 0. The van der Waals surface area contributed by atoms with Gasteiger partial charge >= 0.3 is 0 Å². The Balaban J connectivity index is 2.55. The zero-order chi connectivity index (χ0) is 13.8. The number of nitrogens with one attached hydrogen (secondary N) is 1. The van der Waals surface area contributed by atoms with Gasteiger partial charge in [-0.1, -0.05) is 0 Å². The molecule has 0 unspecified atom stereocenters. The molecule has 104 valence electrons. The van der Waals surface area contributed by atoms with Crippen molar-refractivity contribution in [2.45, 2.75) is 24.9 Å². The number of nitrogens with zero attached hydrogens (tertiary/aromatic N) is 2. The van der Waals surface area contributed by atoms with Crippen LogP contribution in [0.5, 0.6) is 0 Å². The van der Waals surface area contributed by atoms with Crippen LogP contribution in [-0.2, 0) is 26.6 Å². The molecule has 0 spiro atoms. The Morgan fingerprint density at radius 2 is 2.06 bits per heavy atom. The van der Waals surface area contributed by atoms with Crippen molar-refractivity contribution in [1.82, 2.24) is 14.3 Å². The highest BCUT2D eigenvalue weighted by Gasteiger charge is 2.16. The van der Waals surface area contributed by atoms with Gasteiger partial charge in [-0.2, -0.15) is 0 Å². The van der Waals surface area contributed by atoms with E-state index < -0.39 is 20.0 Å². The van der Waals surface area contributed by atoms with Crippen LogP contribution in [0.4, 0.5) is 0 Å². The van der Waals surface area contributed by atoms with E-state index in [9.17, 15) is 16.8 Å². The minimum atomic E-state index is -3.68. The van der Waals surface area contributed by atoms with E-state index in [1.807, 2.05) is 6.92 Å². The Labute approximate surface area is 106 Å². The van der Waals surface area contributed by atoms with E-state index in [-0.39, 0.29) is 23.7 Å². The van der Waals surface area contributed by atoms with Crippen LogP contribution in [0.15, 0.2) is 17.6 Å². The van der Waals surface area contributed by atoms with Gasteiger partial charge in [0.2, 0.25) is 10.0 Å². The molecule has 8 nitrogen and oxygen atoms in total. The Hall–Kier alpha value is -0.970. The zero-order valence-corrected chi connectivity index (χ0v) is 11.5. The molecule has 1 aromatic rings. The van der Waals surface area contributed by atoms with Crippen LogP contribution in [0, 0.1) is 0 Å². The van der Waals surface area contributed by atoms with Crippen LogP contribution in [0.3, 0.4) is 0 Å². The number of nitrogens with two attached hydrogens (primary N) is 1. The third-order valence-electron chi connectivity index (χ3n) is 2.15. The third-order valence-corrected chi connectivity index (χ3v) is 4.35. The minimum absolute atomic E-state index is 0.00223. The molecule has 0 aromatic carbocycles. The molecule has 18 heavy (non-hydrogen) atoms. The maximum Gasteiger partial charge on any atom is 0.259 e. The molecule has 0 aliphatic heterocycles. The van der Waals surface area contributed by atoms with Gasteiger partial charge in [0.15, 0.2) is 5.03 Å². The number of aryl methyl sites for hydroxylation is 1. The predicted octanol–water partition coefficient (Wildman–Crippen LogP) is -1.14. The molecule has 1 rings (SSSR count). The van der Waals surface area contributed by atoms with Crippen molar-refractivity contribution in [3.8, 4) is 0 Å². The van der Waals surface area contributed by atoms with Gasteiger partial charge in [0, 0.05) is 19.3 Å². The minimum Gasteiger partial charge on any atom is -0.336 e. The van der Waals surface area contributed by atoms with Gasteiger partial charge in [0.25, 0.3) is 10.0 Å². The van der Waals surface area contributed by atoms with Crippen LogP contribution in [0.25, 0.3) is 0 Å². The Bertz CT molecular complexity index is 590. The van der Waals surface area contributed by atoms with Crippen molar-refractivity contribution in [1.29, 1.82) is 0 Å². The molecular weight excluding hydrogens is 280 g/mol. The van der Waals surface area contributed by atoms with Crippen molar-refractivity contribution in [2.24, 2.45) is 5.14 Å². The first kappa shape index (κ1) is 15.1. The van der Waals surface area contributed by atoms with Crippen LogP contribution >= 0.6 is 0 Å². The lowest BCUT2D eigenvalue weighted by molar-refractivity contribution is 0.573. The number of rotatable bonds is 7. The molecule has 0 amide bonds. The van der Waals surface area contributed by atoms with Crippen LogP contribution in [0.2, 0.25) is 0 Å². The number of aromatic nitrogens is 2. The van der Waals surface area contributed by atoms with E-state index in [0.717, 1.165) is 0 Å². The van der Waals surface area contributed by atoms with Crippen LogP contribution < -0.4 is 9.86 Å². The SMILES string of the molecule is CCn1cnc(S(=O)(=O)NCCCS(N)(=O)=O)c1. The van der Waals surface area contributed by atoms with E-state index in [1.165, 1.54) is 12.5 Å². The highest BCUT2D eigenvalue weighted by molar-refractivity contribution is 7.89. The fraction of sp³-hybridized carbons (Fsp3) is 0.625. The Kier molecular flexibility index (Phi) is 4.85. The molecule has 0 atom stereocenters. The maximum absolute atomic E-state index is 11.7. The van der Waals surface area contributed by atoms with Crippen molar-refractivity contribution >= 4 is 20.0 Å². The van der Waals surface area contributed by atoms with Gasteiger partial charge in [-0.3, -0.25) is 0 Å². The molecule has 0 aliphatic rings. The largest absolute Gasteiger partial charge is 0.336 e. The lowest BCUT2D eigenvalue weighted by Gasteiger charge is -2.03. The maximum atomic E-state index is 11.7. The van der Waals surface area contributed by atoms with Crippen molar-refractivity contribution in [3.05, 3.63) is 12.5 Å². The zero-order valence-electron chi connectivity index (χ0n) is 9.90. The molecule has 10 heteroatoms. The average molecular weight is 296 g/mol. The van der Waals surface area contributed by atoms with Crippen LogP contribution in [0.1, 0.15) is 13.3 Å². The smallest absolute Gasteiger partial charge is 0.259 e. The fourth-order valence-electron chi connectivity index (χ4n) is 1.21. The first-order chi connectivity index (χ1) is 8.24. The second-order valence-electron chi connectivity index (χ2n) is 3.66. The normalized spacial score (nSPS) is 12.8. The summed E-state index contributed by atoms with van der Waals surface area (Å²) in [7, 11) is -7.25. The first-order valence-corrected chi connectivity index (χ1v) is 8.46. The van der Waals surface area contributed by atoms with Gasteiger partial charge < -0.3 is 4.57 Å². The van der Waals surface area contributed by atoms with Crippen molar-refractivity contribution in [3.63, 3.8) is 0 Å². The van der Waals surface area contributed by atoms with Gasteiger partial charge in [0.05, 0.1) is 12.1 Å². The topological polar surface area (TPSA) is 124 Å². The molecule has 0 saturated carbocycles. The number of hydrogen-bond donors (Lipinski definition) is 2. The highest BCUT2D eigenvalue weighted by atomic mass is 32.2.